The third-order valence-electron chi connectivity index (χ3n) is 2.77. The normalized spacial score (nSPS) is 20.7. The van der Waals surface area contributed by atoms with E-state index in [1.54, 1.807) is 6.20 Å². The second-order valence-corrected chi connectivity index (χ2v) is 4.35. The van der Waals surface area contributed by atoms with Crippen LogP contribution in [0, 0.1) is 5.92 Å². The van der Waals surface area contributed by atoms with Crippen LogP contribution in [-0.4, -0.2) is 33.0 Å². The van der Waals surface area contributed by atoms with Gasteiger partial charge in [0, 0.05) is 19.1 Å². The predicted octanol–water partition coefficient (Wildman–Crippen LogP) is 1.52. The first-order chi connectivity index (χ1) is 7.83. The molecule has 0 N–H and O–H groups in total. The zero-order valence-electron chi connectivity index (χ0n) is 8.64. The number of halogens is 1. The first-order valence-corrected chi connectivity index (χ1v) is 5.62. The minimum absolute atomic E-state index is 0.400. The molecule has 0 aliphatic carbocycles. The van der Waals surface area contributed by atoms with Crippen LogP contribution in [0.4, 0.5) is 0 Å². The fourth-order valence-electron chi connectivity index (χ4n) is 1.93. The molecule has 1 fully saturated rings. The molecule has 2 aromatic heterocycles. The Hall–Kier alpha value is -1.20. The smallest absolute Gasteiger partial charge is 0.178 e. The number of rotatable bonds is 2. The van der Waals surface area contributed by atoms with Crippen LogP contribution in [0.1, 0.15) is 6.42 Å². The second-order valence-electron chi connectivity index (χ2n) is 3.96. The fraction of sp³-hybridized carbons (Fsp3) is 0.500. The van der Waals surface area contributed by atoms with E-state index in [-0.39, 0.29) is 0 Å². The van der Waals surface area contributed by atoms with Crippen LogP contribution in [0.2, 0.25) is 5.15 Å². The molecule has 3 heterocycles. The lowest BCUT2D eigenvalue weighted by molar-refractivity contribution is 0.182. The molecule has 1 aliphatic rings. The summed E-state index contributed by atoms with van der Waals surface area (Å²) in [4.78, 5) is 8.41. The van der Waals surface area contributed by atoms with Gasteiger partial charge in [-0.1, -0.05) is 11.6 Å². The molecule has 0 spiro atoms. The molecule has 1 atom stereocenters. The molecule has 0 saturated carbocycles. The maximum absolute atomic E-state index is 5.82. The summed E-state index contributed by atoms with van der Waals surface area (Å²) in [6.07, 6.45) is 4.33. The van der Waals surface area contributed by atoms with E-state index < -0.39 is 0 Å². The molecular formula is C10H11ClN4O. The molecular weight excluding hydrogens is 228 g/mol. The summed E-state index contributed by atoms with van der Waals surface area (Å²) in [6, 6.07) is 0. The minimum Gasteiger partial charge on any atom is -0.381 e. The lowest BCUT2D eigenvalue weighted by Gasteiger charge is -2.07. The first-order valence-electron chi connectivity index (χ1n) is 5.25. The SMILES string of the molecule is Clc1cnc2cnn(C[C@H]3CCOC3)c2n1. The highest BCUT2D eigenvalue weighted by molar-refractivity contribution is 6.29. The van der Waals surface area contributed by atoms with Crippen molar-refractivity contribution in [2.24, 2.45) is 5.92 Å². The average molecular weight is 239 g/mol. The van der Waals surface area contributed by atoms with E-state index in [0.29, 0.717) is 11.1 Å². The van der Waals surface area contributed by atoms with Gasteiger partial charge in [-0.15, -0.1) is 0 Å². The zero-order chi connectivity index (χ0) is 11.0. The van der Waals surface area contributed by atoms with Gasteiger partial charge in [-0.05, 0) is 6.42 Å². The Kier molecular flexibility index (Phi) is 2.49. The Balaban J connectivity index is 1.93. The summed E-state index contributed by atoms with van der Waals surface area (Å²) in [5.74, 6) is 0.517. The summed E-state index contributed by atoms with van der Waals surface area (Å²) in [5, 5.41) is 4.68. The maximum Gasteiger partial charge on any atom is 0.178 e. The van der Waals surface area contributed by atoms with Crippen LogP contribution in [0.15, 0.2) is 12.4 Å². The van der Waals surface area contributed by atoms with Gasteiger partial charge in [-0.2, -0.15) is 5.10 Å². The van der Waals surface area contributed by atoms with Crippen molar-refractivity contribution in [3.8, 4) is 0 Å². The summed E-state index contributed by atoms with van der Waals surface area (Å²) in [6.45, 7) is 2.46. The monoisotopic (exact) mass is 238 g/mol. The van der Waals surface area contributed by atoms with Gasteiger partial charge in [0.05, 0.1) is 19.0 Å². The van der Waals surface area contributed by atoms with Crippen LogP contribution in [0.25, 0.3) is 11.2 Å². The van der Waals surface area contributed by atoms with E-state index in [1.165, 1.54) is 6.20 Å². The summed E-state index contributed by atoms with van der Waals surface area (Å²) in [7, 11) is 0. The van der Waals surface area contributed by atoms with Crippen molar-refractivity contribution in [2.45, 2.75) is 13.0 Å². The zero-order valence-corrected chi connectivity index (χ0v) is 9.39. The van der Waals surface area contributed by atoms with Crippen molar-refractivity contribution in [3.05, 3.63) is 17.5 Å². The van der Waals surface area contributed by atoms with Gasteiger partial charge in [-0.3, -0.25) is 0 Å². The predicted molar refractivity (Wildman–Crippen MR) is 59.3 cm³/mol. The molecule has 16 heavy (non-hydrogen) atoms. The maximum atomic E-state index is 5.82. The number of hydrogen-bond acceptors (Lipinski definition) is 4. The number of aromatic nitrogens is 4. The van der Waals surface area contributed by atoms with E-state index in [1.807, 2.05) is 4.68 Å². The van der Waals surface area contributed by atoms with E-state index in [4.69, 9.17) is 16.3 Å². The Morgan fingerprint density at radius 2 is 2.44 bits per heavy atom. The highest BCUT2D eigenvalue weighted by Crippen LogP contribution is 2.17. The van der Waals surface area contributed by atoms with Gasteiger partial charge >= 0.3 is 0 Å². The van der Waals surface area contributed by atoms with Crippen LogP contribution >= 0.6 is 11.6 Å². The molecule has 0 unspecified atom stereocenters. The Labute approximate surface area is 97.4 Å². The van der Waals surface area contributed by atoms with Crippen LogP contribution in [0.3, 0.4) is 0 Å². The number of fused-ring (bicyclic) bond motifs is 1. The quantitative estimate of drug-likeness (QED) is 0.796. The van der Waals surface area contributed by atoms with E-state index in [9.17, 15) is 0 Å². The van der Waals surface area contributed by atoms with Gasteiger partial charge in [0.1, 0.15) is 10.7 Å². The Morgan fingerprint density at radius 1 is 1.50 bits per heavy atom. The molecule has 5 nitrogen and oxygen atoms in total. The third-order valence-corrected chi connectivity index (χ3v) is 2.95. The van der Waals surface area contributed by atoms with E-state index in [0.717, 1.165) is 37.3 Å². The van der Waals surface area contributed by atoms with Crippen LogP contribution in [0.5, 0.6) is 0 Å². The van der Waals surface area contributed by atoms with Crippen LogP contribution < -0.4 is 0 Å². The molecule has 1 aliphatic heterocycles. The lowest BCUT2D eigenvalue weighted by atomic mass is 10.1. The van der Waals surface area contributed by atoms with E-state index in [2.05, 4.69) is 15.1 Å². The Morgan fingerprint density at radius 3 is 3.25 bits per heavy atom. The van der Waals surface area contributed by atoms with Crippen molar-refractivity contribution in [2.75, 3.05) is 13.2 Å². The fourth-order valence-corrected chi connectivity index (χ4v) is 2.06. The average Bonchev–Trinajstić information content (AvgIpc) is 2.90. The molecule has 0 aromatic carbocycles. The van der Waals surface area contributed by atoms with Gasteiger partial charge < -0.3 is 4.74 Å². The third kappa shape index (κ3) is 1.76. The first kappa shape index (κ1) is 9.99. The molecule has 2 aromatic rings. The molecule has 84 valence electrons. The van der Waals surface area contributed by atoms with Gasteiger partial charge in [0.2, 0.25) is 0 Å². The topological polar surface area (TPSA) is 52.8 Å². The van der Waals surface area contributed by atoms with Gasteiger partial charge in [0.15, 0.2) is 5.65 Å². The number of nitrogens with zero attached hydrogens (tertiary/aromatic N) is 4. The lowest BCUT2D eigenvalue weighted by Crippen LogP contribution is -2.12. The number of ether oxygens (including phenoxy) is 1. The van der Waals surface area contributed by atoms with Gasteiger partial charge in [-0.25, -0.2) is 14.6 Å². The highest BCUT2D eigenvalue weighted by atomic mass is 35.5. The summed E-state index contributed by atoms with van der Waals surface area (Å²) >= 11 is 5.82. The van der Waals surface area contributed by atoms with E-state index >= 15 is 0 Å². The standard InChI is InChI=1S/C10H11ClN4O/c11-9-4-12-8-3-13-15(10(8)14-9)5-7-1-2-16-6-7/h3-4,7H,1-2,5-6H2/t7-/m1/s1. The molecule has 0 radical (unpaired) electrons. The van der Waals surface area contributed by atoms with Gasteiger partial charge in [0.25, 0.3) is 0 Å². The molecule has 1 saturated heterocycles. The van der Waals surface area contributed by atoms with Crippen molar-refractivity contribution >= 4 is 22.8 Å². The van der Waals surface area contributed by atoms with Crippen molar-refractivity contribution < 1.29 is 4.74 Å². The molecule has 0 amide bonds. The highest BCUT2D eigenvalue weighted by Gasteiger charge is 2.18. The second kappa shape index (κ2) is 3.99. The molecule has 3 rings (SSSR count). The Bertz CT molecular complexity index is 506. The molecule has 0 bridgehead atoms. The summed E-state index contributed by atoms with van der Waals surface area (Å²) in [5.41, 5.74) is 1.53. The van der Waals surface area contributed by atoms with Crippen LogP contribution in [-0.2, 0) is 11.3 Å². The minimum atomic E-state index is 0.400. The van der Waals surface area contributed by atoms with Crippen molar-refractivity contribution in [1.82, 2.24) is 19.7 Å². The van der Waals surface area contributed by atoms with Crippen molar-refractivity contribution in [1.29, 1.82) is 0 Å². The molecule has 6 heteroatoms. The number of hydrogen-bond donors (Lipinski definition) is 0. The summed E-state index contributed by atoms with van der Waals surface area (Å²) < 4.78 is 7.19. The largest absolute Gasteiger partial charge is 0.381 e. The van der Waals surface area contributed by atoms with Crippen molar-refractivity contribution in [3.63, 3.8) is 0 Å².